The first-order chi connectivity index (χ1) is 20.8. The summed E-state index contributed by atoms with van der Waals surface area (Å²) in [5.74, 6) is 4.13. The summed E-state index contributed by atoms with van der Waals surface area (Å²) in [5, 5.41) is 0. The molecule has 0 spiro atoms. The molecule has 0 aliphatic heterocycles. The summed E-state index contributed by atoms with van der Waals surface area (Å²) < 4.78 is 0. The minimum atomic E-state index is 0.378. The molecule has 4 aromatic rings. The van der Waals surface area contributed by atoms with Gasteiger partial charge in [0.15, 0.2) is 0 Å². The van der Waals surface area contributed by atoms with Crippen LogP contribution >= 0.6 is 0 Å². The molecule has 4 bridgehead atoms. The number of rotatable bonds is 8. The minimum Gasteiger partial charge on any atom is -0.255 e. The van der Waals surface area contributed by atoms with E-state index < -0.39 is 0 Å². The predicted molar refractivity (Wildman–Crippen MR) is 173 cm³/mol. The number of nitrogens with zero attached hydrogens (tertiary/aromatic N) is 4. The van der Waals surface area contributed by atoms with E-state index in [0.29, 0.717) is 34.5 Å². The Balaban J connectivity index is 0.978. The Hall–Kier alpha value is -3.40. The molecule has 43 heavy (non-hydrogen) atoms. The minimum absolute atomic E-state index is 0.378. The zero-order valence-electron chi connectivity index (χ0n) is 26.1. The van der Waals surface area contributed by atoms with E-state index in [9.17, 15) is 0 Å². The topological polar surface area (TPSA) is 51.6 Å². The van der Waals surface area contributed by atoms with Crippen molar-refractivity contribution in [3.05, 3.63) is 95.6 Å². The highest BCUT2D eigenvalue weighted by atomic mass is 14.8. The average molecular weight is 569 g/mol. The van der Waals surface area contributed by atoms with Gasteiger partial charge in [0.05, 0.1) is 22.8 Å². The predicted octanol–water partition coefficient (Wildman–Crippen LogP) is 9.71. The lowest BCUT2D eigenvalue weighted by atomic mass is 9.43. The number of hydrogen-bond acceptors (Lipinski definition) is 4. The first-order valence-corrected chi connectivity index (χ1v) is 16.7. The number of aromatic nitrogens is 4. The molecule has 4 aromatic heterocycles. The zero-order valence-corrected chi connectivity index (χ0v) is 26.1. The van der Waals surface area contributed by atoms with Crippen LogP contribution in [0, 0.1) is 22.7 Å². The maximum atomic E-state index is 4.89. The standard InChI is InChI=1S/C39H44N4/c1-38(2)30-20-32(38)28-22-42-36(34-14-8-10-16-40-34)18-26(28)24(30)12-6-5-7-13-25-27-19-37(35-15-9-11-17-41-35)43-23-29(27)33-21-31(25)39(33,3)4/h8-11,14-19,22-25,30-33H,5-7,12-13,20-21H2,1-4H3/t24-,25?,30-,31-,32+,33+/m1/s1. The molecule has 0 radical (unpaired) electrons. The Labute approximate surface area is 256 Å². The average Bonchev–Trinajstić information content (AvgIpc) is 3.04. The highest BCUT2D eigenvalue weighted by molar-refractivity contribution is 5.59. The summed E-state index contributed by atoms with van der Waals surface area (Å²) in [4.78, 5) is 19.0. The Morgan fingerprint density at radius 3 is 1.42 bits per heavy atom. The van der Waals surface area contributed by atoms with Crippen LogP contribution in [0.2, 0.25) is 0 Å². The molecule has 220 valence electrons. The van der Waals surface area contributed by atoms with Gasteiger partial charge in [0, 0.05) is 24.8 Å². The van der Waals surface area contributed by atoms with Gasteiger partial charge in [-0.2, -0.15) is 0 Å². The lowest BCUT2D eigenvalue weighted by Crippen LogP contribution is -2.50. The smallest absolute Gasteiger partial charge is 0.0889 e. The molecule has 0 saturated heterocycles. The van der Waals surface area contributed by atoms with Gasteiger partial charge in [0.2, 0.25) is 0 Å². The van der Waals surface area contributed by atoms with Crippen molar-refractivity contribution in [2.45, 2.75) is 96.3 Å². The molecule has 4 heteroatoms. The maximum absolute atomic E-state index is 4.89. The second-order valence-electron chi connectivity index (χ2n) is 15.1. The lowest BCUT2D eigenvalue weighted by molar-refractivity contribution is -0.0104. The number of hydrogen-bond donors (Lipinski definition) is 0. The van der Waals surface area contributed by atoms with Gasteiger partial charge in [0.1, 0.15) is 0 Å². The monoisotopic (exact) mass is 568 g/mol. The Kier molecular flexibility index (Phi) is 6.37. The Morgan fingerprint density at radius 1 is 0.558 bits per heavy atom. The van der Waals surface area contributed by atoms with Crippen LogP contribution in [0.25, 0.3) is 22.8 Å². The first kappa shape index (κ1) is 27.2. The van der Waals surface area contributed by atoms with Crippen molar-refractivity contribution in [3.8, 4) is 22.8 Å². The molecule has 2 saturated carbocycles. The molecule has 6 aliphatic carbocycles. The highest BCUT2D eigenvalue weighted by Gasteiger charge is 2.57. The van der Waals surface area contributed by atoms with Gasteiger partial charge in [-0.05, 0) is 131 Å². The summed E-state index contributed by atoms with van der Waals surface area (Å²) in [6, 6.07) is 17.0. The fourth-order valence-electron chi connectivity index (χ4n) is 9.89. The van der Waals surface area contributed by atoms with E-state index >= 15 is 0 Å². The van der Waals surface area contributed by atoms with Crippen molar-refractivity contribution in [3.63, 3.8) is 0 Å². The molecule has 10 rings (SSSR count). The van der Waals surface area contributed by atoms with Crippen molar-refractivity contribution >= 4 is 0 Å². The molecule has 0 N–H and O–H groups in total. The van der Waals surface area contributed by atoms with Gasteiger partial charge in [-0.1, -0.05) is 59.1 Å². The van der Waals surface area contributed by atoms with E-state index in [4.69, 9.17) is 9.97 Å². The van der Waals surface area contributed by atoms with Crippen molar-refractivity contribution < 1.29 is 0 Å². The largest absolute Gasteiger partial charge is 0.255 e. The van der Waals surface area contributed by atoms with Crippen molar-refractivity contribution in [2.24, 2.45) is 22.7 Å². The molecule has 4 heterocycles. The molecule has 6 aliphatic rings. The second kappa shape index (κ2) is 10.1. The van der Waals surface area contributed by atoms with Gasteiger partial charge in [0.25, 0.3) is 0 Å². The summed E-state index contributed by atoms with van der Waals surface area (Å²) in [7, 11) is 0. The SMILES string of the molecule is CC1(C)[C@@H]2C[C@H]1c1cnc(-c3ccccn3)cc1C2CCCCC[C@@H]1c2cc(-c3ccccn3)ncc2[C@@H]2C[C@H]1C2(C)C. The zero-order chi connectivity index (χ0) is 29.3. The summed E-state index contributed by atoms with van der Waals surface area (Å²) in [5.41, 5.74) is 10.9. The van der Waals surface area contributed by atoms with Gasteiger partial charge in [-0.3, -0.25) is 19.9 Å². The molecule has 0 aromatic carbocycles. The second-order valence-corrected chi connectivity index (χ2v) is 15.1. The fourth-order valence-corrected chi connectivity index (χ4v) is 9.89. The van der Waals surface area contributed by atoms with Gasteiger partial charge >= 0.3 is 0 Å². The van der Waals surface area contributed by atoms with Crippen LogP contribution in [-0.2, 0) is 0 Å². The van der Waals surface area contributed by atoms with E-state index in [1.165, 1.54) is 56.1 Å². The molecule has 2 fully saturated rings. The third kappa shape index (κ3) is 4.23. The van der Waals surface area contributed by atoms with E-state index in [-0.39, 0.29) is 0 Å². The van der Waals surface area contributed by atoms with Crippen LogP contribution in [0.15, 0.2) is 73.3 Å². The normalized spacial score (nSPS) is 28.7. The van der Waals surface area contributed by atoms with Gasteiger partial charge in [-0.15, -0.1) is 0 Å². The van der Waals surface area contributed by atoms with Crippen molar-refractivity contribution in [1.29, 1.82) is 0 Å². The molecule has 1 unspecified atom stereocenters. The Morgan fingerprint density at radius 2 is 1.02 bits per heavy atom. The Bertz CT molecular complexity index is 1520. The maximum Gasteiger partial charge on any atom is 0.0889 e. The van der Waals surface area contributed by atoms with Crippen molar-refractivity contribution in [1.82, 2.24) is 19.9 Å². The summed E-state index contributed by atoms with van der Waals surface area (Å²) >= 11 is 0. The first-order valence-electron chi connectivity index (χ1n) is 16.7. The molecule has 4 nitrogen and oxygen atoms in total. The fraction of sp³-hybridized carbons (Fsp3) is 0.487. The van der Waals surface area contributed by atoms with Crippen LogP contribution in [0.4, 0.5) is 0 Å². The van der Waals surface area contributed by atoms with E-state index in [1.54, 1.807) is 11.1 Å². The van der Waals surface area contributed by atoms with Crippen molar-refractivity contribution in [2.75, 3.05) is 0 Å². The molecular weight excluding hydrogens is 524 g/mol. The van der Waals surface area contributed by atoms with E-state index in [1.807, 2.05) is 24.5 Å². The molecule has 6 atom stereocenters. The third-order valence-electron chi connectivity index (χ3n) is 12.5. The van der Waals surface area contributed by atoms with Crippen LogP contribution < -0.4 is 0 Å². The van der Waals surface area contributed by atoms with Gasteiger partial charge < -0.3 is 0 Å². The van der Waals surface area contributed by atoms with Gasteiger partial charge in [-0.25, -0.2) is 0 Å². The van der Waals surface area contributed by atoms with Crippen LogP contribution in [-0.4, -0.2) is 19.9 Å². The van der Waals surface area contributed by atoms with Crippen LogP contribution in [0.5, 0.6) is 0 Å². The summed E-state index contributed by atoms with van der Waals surface area (Å²) in [6.07, 6.45) is 17.3. The lowest BCUT2D eigenvalue weighted by Gasteiger charge is -2.61. The number of unbranched alkanes of at least 4 members (excludes halogenated alkanes) is 2. The number of pyridine rings is 4. The van der Waals surface area contributed by atoms with E-state index in [0.717, 1.165) is 34.6 Å². The summed E-state index contributed by atoms with van der Waals surface area (Å²) in [6.45, 7) is 9.99. The van der Waals surface area contributed by atoms with E-state index in [2.05, 4.69) is 86.5 Å². The third-order valence-corrected chi connectivity index (χ3v) is 12.5. The molecular formula is C39H44N4. The quantitative estimate of drug-likeness (QED) is 0.199. The molecule has 0 amide bonds. The van der Waals surface area contributed by atoms with Crippen LogP contribution in [0.1, 0.15) is 119 Å². The highest BCUT2D eigenvalue weighted by Crippen LogP contribution is 2.68. The van der Waals surface area contributed by atoms with Crippen LogP contribution in [0.3, 0.4) is 0 Å².